The van der Waals surface area contributed by atoms with Gasteiger partial charge >= 0.3 is 0 Å². The van der Waals surface area contributed by atoms with Gasteiger partial charge in [-0.2, -0.15) is 0 Å². The highest BCUT2D eigenvalue weighted by Gasteiger charge is 2.15. The first-order valence-electron chi connectivity index (χ1n) is 7.55. The van der Waals surface area contributed by atoms with Crippen molar-refractivity contribution in [3.8, 4) is 11.5 Å². The van der Waals surface area contributed by atoms with E-state index in [1.54, 1.807) is 12.5 Å². The van der Waals surface area contributed by atoms with Crippen molar-refractivity contribution in [3.63, 3.8) is 0 Å². The van der Waals surface area contributed by atoms with Crippen LogP contribution in [-0.4, -0.2) is 15.3 Å². The number of ketones is 1. The molecule has 2 aromatic carbocycles. The Balaban J connectivity index is 1.65. The molecule has 1 atom stereocenters. The molecule has 0 N–H and O–H groups in total. The zero-order valence-electron chi connectivity index (χ0n) is 12.9. The second kappa shape index (κ2) is 6.92. The lowest BCUT2D eigenvalue weighted by atomic mass is 9.99. The Bertz CT molecular complexity index is 750. The Morgan fingerprint density at radius 2 is 1.78 bits per heavy atom. The molecule has 23 heavy (non-hydrogen) atoms. The summed E-state index contributed by atoms with van der Waals surface area (Å²) in [6.45, 7) is 2.55. The van der Waals surface area contributed by atoms with Crippen LogP contribution in [0.25, 0.3) is 0 Å². The van der Waals surface area contributed by atoms with Gasteiger partial charge in [0, 0.05) is 30.4 Å². The molecule has 0 spiro atoms. The molecule has 116 valence electrons. The van der Waals surface area contributed by atoms with Crippen molar-refractivity contribution in [2.75, 3.05) is 0 Å². The zero-order chi connectivity index (χ0) is 16.1. The van der Waals surface area contributed by atoms with Crippen molar-refractivity contribution >= 4 is 5.78 Å². The molecule has 4 nitrogen and oxygen atoms in total. The van der Waals surface area contributed by atoms with Crippen molar-refractivity contribution in [1.82, 2.24) is 9.55 Å². The lowest BCUT2D eigenvalue weighted by Gasteiger charge is -2.12. The largest absolute Gasteiger partial charge is 0.457 e. The predicted molar refractivity (Wildman–Crippen MR) is 88.7 cm³/mol. The fourth-order valence-electron chi connectivity index (χ4n) is 2.39. The molecule has 1 aromatic heterocycles. The normalized spacial score (nSPS) is 11.9. The standard InChI is InChI=1S/C19H18N2O2/c1-15(13-21-12-11-20-14-21)19(22)16-7-9-18(10-8-16)23-17-5-3-2-4-6-17/h2-12,14-15H,13H2,1H3. The molecule has 1 heterocycles. The Morgan fingerprint density at radius 1 is 1.09 bits per heavy atom. The number of ether oxygens (including phenoxy) is 1. The molecule has 0 fully saturated rings. The third-order valence-electron chi connectivity index (χ3n) is 3.61. The van der Waals surface area contributed by atoms with E-state index < -0.39 is 0 Å². The first kappa shape index (κ1) is 15.0. The van der Waals surface area contributed by atoms with Crippen LogP contribution < -0.4 is 4.74 Å². The highest BCUT2D eigenvalue weighted by atomic mass is 16.5. The van der Waals surface area contributed by atoms with Gasteiger partial charge in [0.25, 0.3) is 0 Å². The Morgan fingerprint density at radius 3 is 2.43 bits per heavy atom. The van der Waals surface area contributed by atoms with Gasteiger partial charge in [-0.3, -0.25) is 4.79 Å². The molecular formula is C19H18N2O2. The van der Waals surface area contributed by atoms with Crippen molar-refractivity contribution in [2.24, 2.45) is 5.92 Å². The van der Waals surface area contributed by atoms with E-state index in [0.29, 0.717) is 12.1 Å². The summed E-state index contributed by atoms with van der Waals surface area (Å²) < 4.78 is 7.65. The molecular weight excluding hydrogens is 288 g/mol. The van der Waals surface area contributed by atoms with Gasteiger partial charge in [-0.05, 0) is 36.4 Å². The molecule has 3 rings (SSSR count). The zero-order valence-corrected chi connectivity index (χ0v) is 12.9. The van der Waals surface area contributed by atoms with Crippen molar-refractivity contribution in [2.45, 2.75) is 13.5 Å². The van der Waals surface area contributed by atoms with Crippen LogP contribution >= 0.6 is 0 Å². The maximum absolute atomic E-state index is 12.5. The highest BCUT2D eigenvalue weighted by Crippen LogP contribution is 2.22. The van der Waals surface area contributed by atoms with E-state index in [2.05, 4.69) is 4.98 Å². The number of rotatable bonds is 6. The maximum atomic E-state index is 12.5. The summed E-state index contributed by atoms with van der Waals surface area (Å²) in [4.78, 5) is 16.5. The maximum Gasteiger partial charge on any atom is 0.167 e. The highest BCUT2D eigenvalue weighted by molar-refractivity contribution is 5.97. The minimum atomic E-state index is -0.106. The minimum Gasteiger partial charge on any atom is -0.457 e. The number of para-hydroxylation sites is 1. The molecule has 0 saturated heterocycles. The number of carbonyl (C=O) groups is 1. The minimum absolute atomic E-state index is 0.106. The molecule has 0 aliphatic heterocycles. The van der Waals surface area contributed by atoms with Gasteiger partial charge in [-0.25, -0.2) is 4.98 Å². The van der Waals surface area contributed by atoms with E-state index in [-0.39, 0.29) is 11.7 Å². The van der Waals surface area contributed by atoms with Crippen molar-refractivity contribution in [3.05, 3.63) is 78.9 Å². The van der Waals surface area contributed by atoms with Crippen LogP contribution in [0.1, 0.15) is 17.3 Å². The second-order valence-electron chi connectivity index (χ2n) is 5.46. The number of aromatic nitrogens is 2. The number of carbonyl (C=O) groups excluding carboxylic acids is 1. The van der Waals surface area contributed by atoms with E-state index >= 15 is 0 Å². The quantitative estimate of drug-likeness (QED) is 0.641. The van der Waals surface area contributed by atoms with Crippen LogP contribution in [0, 0.1) is 5.92 Å². The lowest BCUT2D eigenvalue weighted by molar-refractivity contribution is 0.0918. The van der Waals surface area contributed by atoms with Gasteiger partial charge in [0.2, 0.25) is 0 Å². The third-order valence-corrected chi connectivity index (χ3v) is 3.61. The topological polar surface area (TPSA) is 44.1 Å². The number of hydrogen-bond donors (Lipinski definition) is 0. The SMILES string of the molecule is CC(Cn1ccnc1)C(=O)c1ccc(Oc2ccccc2)cc1. The number of nitrogens with zero attached hydrogens (tertiary/aromatic N) is 2. The number of imidazole rings is 1. The van der Waals surface area contributed by atoms with Crippen LogP contribution in [-0.2, 0) is 6.54 Å². The number of Topliss-reactive ketones (excluding diaryl/α,β-unsaturated/α-hetero) is 1. The monoisotopic (exact) mass is 306 g/mol. The van der Waals surface area contributed by atoms with E-state index in [4.69, 9.17) is 4.74 Å². The average molecular weight is 306 g/mol. The van der Waals surface area contributed by atoms with Crippen molar-refractivity contribution in [1.29, 1.82) is 0 Å². The number of benzene rings is 2. The van der Waals surface area contributed by atoms with Crippen LogP contribution in [0.3, 0.4) is 0 Å². The van der Waals surface area contributed by atoms with E-state index in [0.717, 1.165) is 11.5 Å². The average Bonchev–Trinajstić information content (AvgIpc) is 3.09. The summed E-state index contributed by atoms with van der Waals surface area (Å²) >= 11 is 0. The van der Waals surface area contributed by atoms with Crippen LogP contribution in [0.5, 0.6) is 11.5 Å². The third kappa shape index (κ3) is 3.86. The summed E-state index contributed by atoms with van der Waals surface area (Å²) in [5, 5.41) is 0. The molecule has 0 radical (unpaired) electrons. The predicted octanol–water partition coefficient (Wildman–Crippen LogP) is 4.19. The molecule has 0 aliphatic carbocycles. The van der Waals surface area contributed by atoms with Gasteiger partial charge in [-0.1, -0.05) is 25.1 Å². The Hall–Kier alpha value is -2.88. The van der Waals surface area contributed by atoms with E-state index in [9.17, 15) is 4.79 Å². The summed E-state index contributed by atoms with van der Waals surface area (Å²) in [7, 11) is 0. The van der Waals surface area contributed by atoms with Gasteiger partial charge in [0.05, 0.1) is 6.33 Å². The van der Waals surface area contributed by atoms with Gasteiger partial charge in [-0.15, -0.1) is 0 Å². The Labute approximate surface area is 135 Å². The van der Waals surface area contributed by atoms with Crippen LogP contribution in [0.2, 0.25) is 0 Å². The molecule has 1 unspecified atom stereocenters. The molecule has 0 bridgehead atoms. The van der Waals surface area contributed by atoms with Crippen LogP contribution in [0.15, 0.2) is 73.3 Å². The fraction of sp³-hybridized carbons (Fsp3) is 0.158. The van der Waals surface area contributed by atoms with Gasteiger partial charge < -0.3 is 9.30 Å². The van der Waals surface area contributed by atoms with Crippen molar-refractivity contribution < 1.29 is 9.53 Å². The summed E-state index contributed by atoms with van der Waals surface area (Å²) in [5.74, 6) is 1.50. The van der Waals surface area contributed by atoms with Gasteiger partial charge in [0.15, 0.2) is 5.78 Å². The second-order valence-corrected chi connectivity index (χ2v) is 5.46. The molecule has 0 saturated carbocycles. The first-order valence-corrected chi connectivity index (χ1v) is 7.55. The molecule has 4 heteroatoms. The summed E-state index contributed by atoms with van der Waals surface area (Å²) in [6, 6.07) is 16.8. The lowest BCUT2D eigenvalue weighted by Crippen LogP contribution is -2.17. The molecule has 0 aliphatic rings. The fourth-order valence-corrected chi connectivity index (χ4v) is 2.39. The van der Waals surface area contributed by atoms with E-state index in [1.165, 1.54) is 0 Å². The number of hydrogen-bond acceptors (Lipinski definition) is 3. The molecule has 0 amide bonds. The van der Waals surface area contributed by atoms with E-state index in [1.807, 2.05) is 72.3 Å². The summed E-state index contributed by atoms with van der Waals surface area (Å²) in [5.41, 5.74) is 0.693. The van der Waals surface area contributed by atoms with Gasteiger partial charge in [0.1, 0.15) is 11.5 Å². The summed E-state index contributed by atoms with van der Waals surface area (Å²) in [6.07, 6.45) is 5.30. The Kier molecular flexibility index (Phi) is 4.52. The smallest absolute Gasteiger partial charge is 0.167 e. The first-order chi connectivity index (χ1) is 11.2. The van der Waals surface area contributed by atoms with Crippen LogP contribution in [0.4, 0.5) is 0 Å². The molecule has 3 aromatic rings.